The van der Waals surface area contributed by atoms with Crippen LogP contribution in [0, 0.1) is 11.6 Å². The first kappa shape index (κ1) is 24.3. The predicted octanol–water partition coefficient (Wildman–Crippen LogP) is 5.79. The minimum atomic E-state index is -0.644. The molecule has 0 bridgehead atoms. The number of carbonyl (C=O) groups excluding carboxylic acids is 1. The number of fused-ring (bicyclic) bond motifs is 1. The van der Waals surface area contributed by atoms with Crippen LogP contribution in [0.4, 0.5) is 8.78 Å². The lowest BCUT2D eigenvalue weighted by atomic mass is 10.1. The molecule has 0 aliphatic carbocycles. The van der Waals surface area contributed by atoms with Crippen LogP contribution in [0.5, 0.6) is 11.5 Å². The summed E-state index contributed by atoms with van der Waals surface area (Å²) in [5.41, 5.74) is 1.44. The van der Waals surface area contributed by atoms with Crippen molar-refractivity contribution in [1.29, 1.82) is 0 Å². The van der Waals surface area contributed by atoms with E-state index < -0.39 is 11.8 Å². The molecule has 0 saturated carbocycles. The fourth-order valence-corrected chi connectivity index (χ4v) is 4.22. The molecule has 5 aromatic rings. The van der Waals surface area contributed by atoms with Gasteiger partial charge < -0.3 is 14.0 Å². The van der Waals surface area contributed by atoms with Gasteiger partial charge in [0.2, 0.25) is 0 Å². The van der Waals surface area contributed by atoms with Crippen molar-refractivity contribution < 1.29 is 23.0 Å². The first-order valence-electron chi connectivity index (χ1n) is 11.3. The minimum absolute atomic E-state index is 0.321. The van der Waals surface area contributed by atoms with Crippen LogP contribution in [0.3, 0.4) is 0 Å². The van der Waals surface area contributed by atoms with E-state index in [1.165, 1.54) is 30.3 Å². The topological polar surface area (TPSA) is 40.5 Å². The van der Waals surface area contributed by atoms with Crippen LogP contribution >= 0.6 is 11.6 Å². The van der Waals surface area contributed by atoms with Crippen molar-refractivity contribution in [2.45, 2.75) is 0 Å². The van der Waals surface area contributed by atoms with E-state index in [2.05, 4.69) is 0 Å². The van der Waals surface area contributed by atoms with Gasteiger partial charge in [0.25, 0.3) is 0 Å². The first-order valence-corrected chi connectivity index (χ1v) is 11.7. The van der Waals surface area contributed by atoms with E-state index in [9.17, 15) is 13.6 Å². The van der Waals surface area contributed by atoms with Gasteiger partial charge in [-0.05, 0) is 90.5 Å². The lowest BCUT2D eigenvalue weighted by Crippen LogP contribution is -2.27. The van der Waals surface area contributed by atoms with Crippen molar-refractivity contribution >= 4 is 40.5 Å². The third-order valence-corrected chi connectivity index (χ3v) is 6.06. The van der Waals surface area contributed by atoms with Gasteiger partial charge >= 0.3 is 5.97 Å². The number of hydrogen-bond acceptors (Lipinski definition) is 3. The summed E-state index contributed by atoms with van der Waals surface area (Å²) in [6.07, 6.45) is 3.17. The molecule has 1 aromatic heterocycles. The number of ether oxygens (including phenoxy) is 2. The molecular formula is C30H20ClF2NO3. The van der Waals surface area contributed by atoms with E-state index >= 15 is 0 Å². The maximum absolute atomic E-state index is 14.4. The Morgan fingerprint density at radius 1 is 0.784 bits per heavy atom. The standard InChI is InChI=1S/C30H20ClF2NO3/c1-36-24-13-9-23(10-14-24)34-28(16-19-2-6-21(32)7-3-19)26-15-8-22(33)17-27(26)29(34)18-30(35)37-25-11-4-20(31)5-12-25/h2-18H,1H3/b28-16-,29-18?. The van der Waals surface area contributed by atoms with E-state index in [1.54, 1.807) is 61.7 Å². The molecule has 184 valence electrons. The Bertz CT molecular complexity index is 1710. The zero-order valence-electron chi connectivity index (χ0n) is 19.6. The lowest BCUT2D eigenvalue weighted by Gasteiger charge is -2.08. The Morgan fingerprint density at radius 2 is 1.43 bits per heavy atom. The molecule has 0 amide bonds. The number of nitrogens with zero attached hydrogens (tertiary/aromatic N) is 1. The highest BCUT2D eigenvalue weighted by atomic mass is 35.5. The monoisotopic (exact) mass is 515 g/mol. The maximum atomic E-state index is 14.4. The number of benzene rings is 4. The van der Waals surface area contributed by atoms with Crippen LogP contribution in [0.25, 0.3) is 28.6 Å². The summed E-state index contributed by atoms with van der Waals surface area (Å²) < 4.78 is 40.6. The molecule has 0 radical (unpaired) electrons. The molecular weight excluding hydrogens is 496 g/mol. The summed E-state index contributed by atoms with van der Waals surface area (Å²) in [6, 6.07) is 24.1. The molecule has 0 aliphatic rings. The molecule has 0 N–H and O–H groups in total. The van der Waals surface area contributed by atoms with Crippen molar-refractivity contribution in [3.8, 4) is 17.2 Å². The second-order valence-corrected chi connectivity index (χ2v) is 8.65. The molecule has 37 heavy (non-hydrogen) atoms. The second kappa shape index (κ2) is 10.3. The summed E-state index contributed by atoms with van der Waals surface area (Å²) in [7, 11) is 1.57. The van der Waals surface area contributed by atoms with E-state index in [1.807, 2.05) is 22.8 Å². The second-order valence-electron chi connectivity index (χ2n) is 8.21. The quantitative estimate of drug-likeness (QED) is 0.220. The smallest absolute Gasteiger partial charge is 0.338 e. The van der Waals surface area contributed by atoms with Crippen molar-refractivity contribution in [1.82, 2.24) is 4.57 Å². The molecule has 0 spiro atoms. The first-order chi connectivity index (χ1) is 17.9. The fraction of sp³-hybridized carbons (Fsp3) is 0.0333. The van der Waals surface area contributed by atoms with Crippen LogP contribution < -0.4 is 20.2 Å². The zero-order chi connectivity index (χ0) is 25.9. The Balaban J connectivity index is 1.79. The molecule has 4 nitrogen and oxygen atoms in total. The van der Waals surface area contributed by atoms with Gasteiger partial charge in [-0.1, -0.05) is 23.7 Å². The average Bonchev–Trinajstić information content (AvgIpc) is 3.18. The Labute approximate surface area is 216 Å². The van der Waals surface area contributed by atoms with Crippen LogP contribution in [0.15, 0.2) is 91.0 Å². The van der Waals surface area contributed by atoms with E-state index in [-0.39, 0.29) is 5.82 Å². The molecule has 4 aromatic carbocycles. The van der Waals surface area contributed by atoms with Gasteiger partial charge in [0.1, 0.15) is 23.1 Å². The number of esters is 1. The van der Waals surface area contributed by atoms with Crippen molar-refractivity contribution in [3.63, 3.8) is 0 Å². The SMILES string of the molecule is COc1ccc(-n2c(=CC(=O)Oc3ccc(Cl)cc3)c3cc(F)ccc3/c2=C/c2ccc(F)cc2)cc1. The molecule has 0 aliphatic heterocycles. The Hall–Kier alpha value is -4.42. The normalized spacial score (nSPS) is 12.2. The van der Waals surface area contributed by atoms with Gasteiger partial charge in [-0.25, -0.2) is 13.6 Å². The van der Waals surface area contributed by atoms with Crippen molar-refractivity contribution in [2.24, 2.45) is 0 Å². The third kappa shape index (κ3) is 5.25. The van der Waals surface area contributed by atoms with Gasteiger partial charge in [0, 0.05) is 27.6 Å². The highest BCUT2D eigenvalue weighted by molar-refractivity contribution is 6.30. The number of aromatic nitrogens is 1. The number of hydrogen-bond donors (Lipinski definition) is 0. The lowest BCUT2D eigenvalue weighted by molar-refractivity contribution is -0.127. The largest absolute Gasteiger partial charge is 0.497 e. The summed E-state index contributed by atoms with van der Waals surface area (Å²) in [6.45, 7) is 0. The van der Waals surface area contributed by atoms with Gasteiger partial charge in [0.05, 0.1) is 17.8 Å². The van der Waals surface area contributed by atoms with E-state index in [0.717, 1.165) is 5.56 Å². The summed E-state index contributed by atoms with van der Waals surface area (Å²) >= 11 is 5.93. The zero-order valence-corrected chi connectivity index (χ0v) is 20.4. The molecule has 0 saturated heterocycles. The highest BCUT2D eigenvalue weighted by Crippen LogP contribution is 2.18. The van der Waals surface area contributed by atoms with Gasteiger partial charge in [-0.2, -0.15) is 0 Å². The maximum Gasteiger partial charge on any atom is 0.338 e. The number of halogens is 3. The minimum Gasteiger partial charge on any atom is -0.497 e. The van der Waals surface area contributed by atoms with Gasteiger partial charge in [0.15, 0.2) is 0 Å². The van der Waals surface area contributed by atoms with Crippen LogP contribution in [0.2, 0.25) is 5.02 Å². The summed E-state index contributed by atoms with van der Waals surface area (Å²) in [5, 5.41) is 2.83. The molecule has 0 fully saturated rings. The van der Waals surface area contributed by atoms with Crippen LogP contribution in [-0.4, -0.2) is 17.6 Å². The molecule has 7 heteroatoms. The van der Waals surface area contributed by atoms with Gasteiger partial charge in [-0.15, -0.1) is 0 Å². The van der Waals surface area contributed by atoms with Crippen LogP contribution in [-0.2, 0) is 4.79 Å². The van der Waals surface area contributed by atoms with E-state index in [4.69, 9.17) is 21.1 Å². The number of methoxy groups -OCH3 is 1. The van der Waals surface area contributed by atoms with Crippen LogP contribution in [0.1, 0.15) is 5.56 Å². The molecule has 0 unspecified atom stereocenters. The summed E-state index contributed by atoms with van der Waals surface area (Å²) in [5.74, 6) is -0.471. The molecule has 5 rings (SSSR count). The average molecular weight is 516 g/mol. The molecule has 0 atom stereocenters. The number of carbonyl (C=O) groups is 1. The van der Waals surface area contributed by atoms with Crippen molar-refractivity contribution in [2.75, 3.05) is 7.11 Å². The number of rotatable bonds is 5. The predicted molar refractivity (Wildman–Crippen MR) is 141 cm³/mol. The van der Waals surface area contributed by atoms with E-state index in [0.29, 0.717) is 43.7 Å². The highest BCUT2D eigenvalue weighted by Gasteiger charge is 2.13. The molecule has 1 heterocycles. The Kier molecular flexibility index (Phi) is 6.75. The van der Waals surface area contributed by atoms with Crippen molar-refractivity contribution in [3.05, 3.63) is 124 Å². The Morgan fingerprint density at radius 3 is 2.11 bits per heavy atom. The fourth-order valence-electron chi connectivity index (χ4n) is 4.09. The summed E-state index contributed by atoms with van der Waals surface area (Å²) in [4.78, 5) is 13.0. The van der Waals surface area contributed by atoms with Gasteiger partial charge in [-0.3, -0.25) is 0 Å². The third-order valence-electron chi connectivity index (χ3n) is 5.81.